The van der Waals surface area contributed by atoms with Crippen LogP contribution in [-0.4, -0.2) is 29.2 Å². The van der Waals surface area contributed by atoms with E-state index < -0.39 is 0 Å². The van der Waals surface area contributed by atoms with Crippen molar-refractivity contribution in [2.45, 2.75) is 25.5 Å². The molecule has 5 nitrogen and oxygen atoms in total. The molecule has 1 saturated heterocycles. The fourth-order valence-electron chi connectivity index (χ4n) is 2.14. The van der Waals surface area contributed by atoms with Gasteiger partial charge in [0.15, 0.2) is 12.1 Å². The summed E-state index contributed by atoms with van der Waals surface area (Å²) in [6.07, 6.45) is 4.77. The van der Waals surface area contributed by atoms with Crippen LogP contribution >= 0.6 is 27.3 Å². The van der Waals surface area contributed by atoms with Crippen molar-refractivity contribution in [3.8, 4) is 16.8 Å². The van der Waals surface area contributed by atoms with Crippen LogP contribution < -0.4 is 5.46 Å². The lowest BCUT2D eigenvalue weighted by molar-refractivity contribution is -0.0395. The second kappa shape index (κ2) is 5.68. The molecule has 20 heavy (non-hydrogen) atoms. The third-order valence-electron chi connectivity index (χ3n) is 3.18. The molecule has 1 atom stereocenters. The number of rotatable bonds is 2. The zero-order valence-electron chi connectivity index (χ0n) is 10.5. The molecule has 0 saturated carbocycles. The molecule has 0 bridgehead atoms. The molecule has 100 valence electrons. The highest BCUT2D eigenvalue weighted by molar-refractivity contribution is 9.11. The van der Waals surface area contributed by atoms with E-state index in [1.54, 1.807) is 11.0 Å². The van der Waals surface area contributed by atoms with E-state index >= 15 is 0 Å². The maximum atomic E-state index is 9.05. The Morgan fingerprint density at radius 2 is 2.40 bits per heavy atom. The quantitative estimate of drug-likeness (QED) is 0.780. The SMILES string of the molecule is [B]c1c(-c2ncn(C3CCCCO3)n2)sc(Br)c1C#N. The number of ether oxygens (including phenoxy) is 1. The molecule has 8 heteroatoms. The summed E-state index contributed by atoms with van der Waals surface area (Å²) < 4.78 is 8.10. The van der Waals surface area contributed by atoms with Crippen LogP contribution in [-0.2, 0) is 4.74 Å². The van der Waals surface area contributed by atoms with Crippen LogP contribution in [0.25, 0.3) is 10.7 Å². The Labute approximate surface area is 130 Å². The molecule has 2 radical (unpaired) electrons. The molecule has 2 aromatic rings. The standard InChI is InChI=1S/C12H10BBrN4OS/c13-9-7(5-15)11(14)20-10(9)12-16-6-18(17-12)8-3-1-2-4-19-8/h6,8H,1-4H2. The van der Waals surface area contributed by atoms with E-state index in [2.05, 4.69) is 32.1 Å². The lowest BCUT2D eigenvalue weighted by atomic mass is 9.92. The van der Waals surface area contributed by atoms with Gasteiger partial charge in [0.2, 0.25) is 0 Å². The van der Waals surface area contributed by atoms with Crippen LogP contribution in [0.4, 0.5) is 0 Å². The molecule has 1 unspecified atom stereocenters. The number of halogens is 1. The van der Waals surface area contributed by atoms with Crippen molar-refractivity contribution in [2.75, 3.05) is 6.61 Å². The Morgan fingerprint density at radius 1 is 1.55 bits per heavy atom. The molecular formula is C12H10BBrN4OS. The molecule has 1 aliphatic rings. The van der Waals surface area contributed by atoms with Crippen molar-refractivity contribution in [1.82, 2.24) is 14.8 Å². The van der Waals surface area contributed by atoms with Gasteiger partial charge in [-0.1, -0.05) is 5.46 Å². The minimum absolute atomic E-state index is 0.0509. The van der Waals surface area contributed by atoms with E-state index in [0.29, 0.717) is 25.5 Å². The van der Waals surface area contributed by atoms with Gasteiger partial charge in [0, 0.05) is 6.61 Å². The van der Waals surface area contributed by atoms with Gasteiger partial charge < -0.3 is 4.74 Å². The molecule has 0 spiro atoms. The molecule has 0 aliphatic carbocycles. The number of nitriles is 1. The van der Waals surface area contributed by atoms with Gasteiger partial charge in [0.05, 0.1) is 14.2 Å². The largest absolute Gasteiger partial charge is 0.356 e. The predicted molar refractivity (Wildman–Crippen MR) is 80.0 cm³/mol. The molecule has 0 N–H and O–H groups in total. The molecular weight excluding hydrogens is 339 g/mol. The normalized spacial score (nSPS) is 18.9. The van der Waals surface area contributed by atoms with Gasteiger partial charge in [-0.25, -0.2) is 9.67 Å². The fraction of sp³-hybridized carbons (Fsp3) is 0.417. The molecule has 3 heterocycles. The maximum Gasteiger partial charge on any atom is 0.190 e. The van der Waals surface area contributed by atoms with Gasteiger partial charge in [-0.2, -0.15) is 5.26 Å². The second-order valence-electron chi connectivity index (χ2n) is 4.47. The molecule has 0 aromatic carbocycles. The minimum Gasteiger partial charge on any atom is -0.356 e. The Bertz CT molecular complexity index is 672. The molecule has 1 aliphatic heterocycles. The lowest BCUT2D eigenvalue weighted by Gasteiger charge is -2.21. The summed E-state index contributed by atoms with van der Waals surface area (Å²) in [6.45, 7) is 0.755. The summed E-state index contributed by atoms with van der Waals surface area (Å²) in [4.78, 5) is 4.99. The third-order valence-corrected chi connectivity index (χ3v) is 5.05. The third kappa shape index (κ3) is 2.41. The zero-order valence-corrected chi connectivity index (χ0v) is 12.9. The van der Waals surface area contributed by atoms with E-state index in [1.165, 1.54) is 11.3 Å². The van der Waals surface area contributed by atoms with E-state index in [1.807, 2.05) is 0 Å². The van der Waals surface area contributed by atoms with E-state index in [4.69, 9.17) is 17.8 Å². The minimum atomic E-state index is -0.0509. The Kier molecular flexibility index (Phi) is 3.92. The molecule has 2 aromatic heterocycles. The van der Waals surface area contributed by atoms with Crippen molar-refractivity contribution in [3.63, 3.8) is 0 Å². The van der Waals surface area contributed by atoms with E-state index in [0.717, 1.165) is 25.9 Å². The van der Waals surface area contributed by atoms with Gasteiger partial charge in [-0.3, -0.25) is 0 Å². The first-order valence-electron chi connectivity index (χ1n) is 6.21. The van der Waals surface area contributed by atoms with Crippen LogP contribution in [0.15, 0.2) is 10.1 Å². The van der Waals surface area contributed by atoms with E-state index in [9.17, 15) is 0 Å². The zero-order chi connectivity index (χ0) is 14.1. The number of hydrogen-bond donors (Lipinski definition) is 0. The van der Waals surface area contributed by atoms with Gasteiger partial charge in [-0.15, -0.1) is 16.4 Å². The van der Waals surface area contributed by atoms with Crippen molar-refractivity contribution in [2.24, 2.45) is 0 Å². The smallest absolute Gasteiger partial charge is 0.190 e. The van der Waals surface area contributed by atoms with Gasteiger partial charge >= 0.3 is 0 Å². The second-order valence-corrected chi connectivity index (χ2v) is 6.81. The molecule has 1 fully saturated rings. The van der Waals surface area contributed by atoms with Crippen LogP contribution in [0.2, 0.25) is 0 Å². The van der Waals surface area contributed by atoms with Gasteiger partial charge in [0.25, 0.3) is 0 Å². The Morgan fingerprint density at radius 3 is 3.05 bits per heavy atom. The summed E-state index contributed by atoms with van der Waals surface area (Å²) >= 11 is 4.71. The van der Waals surface area contributed by atoms with E-state index in [-0.39, 0.29) is 6.23 Å². The van der Waals surface area contributed by atoms with Crippen LogP contribution in [0.5, 0.6) is 0 Å². The van der Waals surface area contributed by atoms with Crippen LogP contribution in [0.3, 0.4) is 0 Å². The van der Waals surface area contributed by atoms with Crippen molar-refractivity contribution in [1.29, 1.82) is 5.26 Å². The lowest BCUT2D eigenvalue weighted by Crippen LogP contribution is -2.18. The topological polar surface area (TPSA) is 63.7 Å². The van der Waals surface area contributed by atoms with Crippen LogP contribution in [0.1, 0.15) is 31.1 Å². The van der Waals surface area contributed by atoms with Crippen molar-refractivity contribution >= 4 is 40.6 Å². The first kappa shape index (κ1) is 13.8. The summed E-state index contributed by atoms with van der Waals surface area (Å²) in [5.74, 6) is 0.531. The molecule has 0 amide bonds. The van der Waals surface area contributed by atoms with Gasteiger partial charge in [0.1, 0.15) is 20.2 Å². The monoisotopic (exact) mass is 348 g/mol. The highest BCUT2D eigenvalue weighted by Crippen LogP contribution is 2.31. The summed E-state index contributed by atoms with van der Waals surface area (Å²) in [7, 11) is 5.97. The summed E-state index contributed by atoms with van der Waals surface area (Å²) in [6, 6.07) is 2.08. The average molecular weight is 349 g/mol. The Balaban J connectivity index is 1.92. The molecule has 3 rings (SSSR count). The van der Waals surface area contributed by atoms with Crippen molar-refractivity contribution < 1.29 is 4.74 Å². The van der Waals surface area contributed by atoms with Gasteiger partial charge in [-0.05, 0) is 35.2 Å². The predicted octanol–water partition coefficient (Wildman–Crippen LogP) is 2.13. The summed E-state index contributed by atoms with van der Waals surface area (Å²) in [5.41, 5.74) is 0.863. The van der Waals surface area contributed by atoms with Crippen LogP contribution in [0, 0.1) is 11.3 Å². The maximum absolute atomic E-state index is 9.05. The first-order chi connectivity index (χ1) is 9.70. The fourth-order valence-corrected chi connectivity index (χ4v) is 3.76. The average Bonchev–Trinajstić information content (AvgIpc) is 3.05. The first-order valence-corrected chi connectivity index (χ1v) is 7.82. The van der Waals surface area contributed by atoms with Crippen molar-refractivity contribution in [3.05, 3.63) is 15.7 Å². The Hall–Kier alpha value is -1.17. The number of hydrogen-bond acceptors (Lipinski definition) is 5. The number of thiophene rings is 1. The summed E-state index contributed by atoms with van der Waals surface area (Å²) in [5, 5.41) is 13.5. The number of aromatic nitrogens is 3. The number of nitrogens with zero attached hydrogens (tertiary/aromatic N) is 4. The highest BCUT2D eigenvalue weighted by Gasteiger charge is 2.20. The highest BCUT2D eigenvalue weighted by atomic mass is 79.9.